The fourth-order valence-electron chi connectivity index (χ4n) is 3.76. The molecule has 31 heavy (non-hydrogen) atoms. The van der Waals surface area contributed by atoms with Gasteiger partial charge in [0.25, 0.3) is 5.91 Å². The summed E-state index contributed by atoms with van der Waals surface area (Å²) in [5.74, 6) is 0.0391. The number of ether oxygens (including phenoxy) is 1. The van der Waals surface area contributed by atoms with Gasteiger partial charge in [0.05, 0.1) is 25.0 Å². The Hall–Kier alpha value is -3.23. The third-order valence-corrected chi connectivity index (χ3v) is 5.47. The molecular formula is C23H28N6O2. The van der Waals surface area contributed by atoms with E-state index in [-0.39, 0.29) is 17.8 Å². The second kappa shape index (κ2) is 9.72. The molecule has 2 aromatic heterocycles. The van der Waals surface area contributed by atoms with Gasteiger partial charge in [-0.05, 0) is 18.1 Å². The van der Waals surface area contributed by atoms with Gasteiger partial charge in [0.2, 0.25) is 0 Å². The number of nitrogen functional groups attached to an aromatic ring is 1. The Labute approximate surface area is 182 Å². The first kappa shape index (κ1) is 21.0. The molecule has 8 nitrogen and oxygen atoms in total. The van der Waals surface area contributed by atoms with Crippen LogP contribution in [-0.4, -0.2) is 57.9 Å². The van der Waals surface area contributed by atoms with Crippen molar-refractivity contribution in [1.82, 2.24) is 25.0 Å². The lowest BCUT2D eigenvalue weighted by molar-refractivity contribution is 0.0924. The van der Waals surface area contributed by atoms with Crippen LogP contribution in [0.15, 0.2) is 55.0 Å². The monoisotopic (exact) mass is 420 g/mol. The number of rotatable bonds is 8. The normalized spacial score (nSPS) is 16.5. The van der Waals surface area contributed by atoms with Gasteiger partial charge in [-0.25, -0.2) is 4.98 Å². The number of anilines is 1. The molecule has 162 valence electrons. The highest BCUT2D eigenvalue weighted by atomic mass is 16.5. The second-order valence-corrected chi connectivity index (χ2v) is 7.86. The number of amides is 1. The lowest BCUT2D eigenvalue weighted by Crippen LogP contribution is -2.38. The molecule has 1 aliphatic rings. The number of nitrogens with two attached hydrogens (primary N) is 1. The van der Waals surface area contributed by atoms with Gasteiger partial charge in [0.1, 0.15) is 5.82 Å². The number of aromatic nitrogens is 3. The molecule has 8 heteroatoms. The van der Waals surface area contributed by atoms with Gasteiger partial charge in [-0.3, -0.25) is 14.4 Å². The highest BCUT2D eigenvalue weighted by Gasteiger charge is 2.25. The molecule has 0 unspecified atom stereocenters. The number of hydrogen-bond donors (Lipinski definition) is 2. The molecule has 1 fully saturated rings. The van der Waals surface area contributed by atoms with Crippen molar-refractivity contribution < 1.29 is 9.53 Å². The van der Waals surface area contributed by atoms with Crippen molar-refractivity contribution in [2.75, 3.05) is 32.0 Å². The predicted octanol–water partition coefficient (Wildman–Crippen LogP) is 2.09. The molecule has 0 bridgehead atoms. The highest BCUT2D eigenvalue weighted by molar-refractivity contribution is 5.99. The molecule has 1 amide bonds. The van der Waals surface area contributed by atoms with Crippen LogP contribution in [0.2, 0.25) is 0 Å². The van der Waals surface area contributed by atoms with Gasteiger partial charge in [-0.2, -0.15) is 5.10 Å². The average molecular weight is 421 g/mol. The van der Waals surface area contributed by atoms with Crippen molar-refractivity contribution in [2.24, 2.45) is 7.05 Å². The number of hydrogen-bond acceptors (Lipinski definition) is 6. The van der Waals surface area contributed by atoms with E-state index in [0.29, 0.717) is 18.8 Å². The van der Waals surface area contributed by atoms with Gasteiger partial charge in [-0.1, -0.05) is 30.3 Å². The van der Waals surface area contributed by atoms with Crippen molar-refractivity contribution in [3.63, 3.8) is 0 Å². The average Bonchev–Trinajstić information content (AvgIpc) is 3.41. The van der Waals surface area contributed by atoms with Gasteiger partial charge in [-0.15, -0.1) is 0 Å². The largest absolute Gasteiger partial charge is 0.383 e. The Kier molecular flexibility index (Phi) is 6.59. The number of nitrogens with one attached hydrogen (secondary N) is 1. The minimum atomic E-state index is -0.192. The molecule has 1 aliphatic heterocycles. The number of carbonyl (C=O) groups excluding carboxylic acids is 1. The van der Waals surface area contributed by atoms with E-state index in [1.807, 2.05) is 31.4 Å². The van der Waals surface area contributed by atoms with Crippen LogP contribution in [-0.2, 0) is 18.4 Å². The van der Waals surface area contributed by atoms with Crippen molar-refractivity contribution >= 4 is 11.7 Å². The van der Waals surface area contributed by atoms with Gasteiger partial charge in [0.15, 0.2) is 0 Å². The smallest absolute Gasteiger partial charge is 0.255 e. The number of nitrogens with zero attached hydrogens (tertiary/aromatic N) is 4. The minimum Gasteiger partial charge on any atom is -0.383 e. The van der Waals surface area contributed by atoms with E-state index in [2.05, 4.69) is 32.4 Å². The van der Waals surface area contributed by atoms with E-state index in [4.69, 9.17) is 10.5 Å². The van der Waals surface area contributed by atoms with E-state index in [9.17, 15) is 4.79 Å². The molecule has 1 saturated heterocycles. The van der Waals surface area contributed by atoms with E-state index in [0.717, 1.165) is 37.2 Å². The number of benzene rings is 1. The standard InChI is InChI=1S/C23H28N6O2/c1-28-14-19(13-26-28)18-11-21(22(24)25-12-18)23(30)27-20-7-8-29(15-20)9-10-31-16-17-5-3-2-4-6-17/h2-6,11-14,20H,7-10,15-16H2,1H3,(H2,24,25)(H,27,30)/t20-/m1/s1. The van der Waals surface area contributed by atoms with E-state index < -0.39 is 0 Å². The van der Waals surface area contributed by atoms with Crippen LogP contribution in [0.25, 0.3) is 11.1 Å². The number of aryl methyl sites for hydroxylation is 1. The first-order valence-electron chi connectivity index (χ1n) is 10.5. The molecule has 3 heterocycles. The summed E-state index contributed by atoms with van der Waals surface area (Å²) >= 11 is 0. The van der Waals surface area contributed by atoms with Crippen LogP contribution >= 0.6 is 0 Å². The zero-order valence-corrected chi connectivity index (χ0v) is 17.7. The molecule has 0 spiro atoms. The molecule has 1 atom stereocenters. The van der Waals surface area contributed by atoms with Crippen LogP contribution in [0.1, 0.15) is 22.3 Å². The summed E-state index contributed by atoms with van der Waals surface area (Å²) in [6, 6.07) is 12.0. The van der Waals surface area contributed by atoms with E-state index >= 15 is 0 Å². The number of pyridine rings is 1. The Morgan fingerprint density at radius 3 is 2.87 bits per heavy atom. The quantitative estimate of drug-likeness (QED) is 0.542. The second-order valence-electron chi connectivity index (χ2n) is 7.86. The summed E-state index contributed by atoms with van der Waals surface area (Å²) < 4.78 is 7.49. The maximum absolute atomic E-state index is 12.8. The molecule has 0 radical (unpaired) electrons. The molecule has 3 N–H and O–H groups in total. The maximum atomic E-state index is 12.8. The van der Waals surface area contributed by atoms with Crippen LogP contribution < -0.4 is 11.1 Å². The van der Waals surface area contributed by atoms with Gasteiger partial charge >= 0.3 is 0 Å². The van der Waals surface area contributed by atoms with Gasteiger partial charge < -0.3 is 15.8 Å². The van der Waals surface area contributed by atoms with E-state index in [1.165, 1.54) is 5.56 Å². The zero-order chi connectivity index (χ0) is 21.6. The Morgan fingerprint density at radius 1 is 1.26 bits per heavy atom. The summed E-state index contributed by atoms with van der Waals surface area (Å²) in [6.45, 7) is 3.87. The van der Waals surface area contributed by atoms with Crippen LogP contribution in [0.5, 0.6) is 0 Å². The topological polar surface area (TPSA) is 98.3 Å². The Balaban J connectivity index is 1.26. The third-order valence-electron chi connectivity index (χ3n) is 5.47. The first-order chi connectivity index (χ1) is 15.1. The summed E-state index contributed by atoms with van der Waals surface area (Å²) in [5.41, 5.74) is 9.26. The van der Waals surface area contributed by atoms with Crippen molar-refractivity contribution in [2.45, 2.75) is 19.1 Å². The lowest BCUT2D eigenvalue weighted by atomic mass is 10.1. The highest BCUT2D eigenvalue weighted by Crippen LogP contribution is 2.22. The molecular weight excluding hydrogens is 392 g/mol. The molecule has 1 aromatic carbocycles. The fourth-order valence-corrected chi connectivity index (χ4v) is 3.76. The summed E-state index contributed by atoms with van der Waals surface area (Å²) in [4.78, 5) is 19.4. The SMILES string of the molecule is Cn1cc(-c2cnc(N)c(C(=O)N[C@@H]3CCN(CCOCc4ccccc4)C3)c2)cn1. The Morgan fingerprint density at radius 2 is 2.10 bits per heavy atom. The van der Waals surface area contributed by atoms with Crippen molar-refractivity contribution in [3.8, 4) is 11.1 Å². The molecule has 3 aromatic rings. The van der Waals surface area contributed by atoms with Crippen molar-refractivity contribution in [1.29, 1.82) is 0 Å². The Bertz CT molecular complexity index is 1020. The molecule has 0 aliphatic carbocycles. The summed E-state index contributed by atoms with van der Waals surface area (Å²) in [6.07, 6.45) is 6.18. The summed E-state index contributed by atoms with van der Waals surface area (Å²) in [7, 11) is 1.85. The van der Waals surface area contributed by atoms with Crippen LogP contribution in [0.4, 0.5) is 5.82 Å². The minimum absolute atomic E-state index is 0.0862. The van der Waals surface area contributed by atoms with Gasteiger partial charge in [0, 0.05) is 56.2 Å². The predicted molar refractivity (Wildman–Crippen MR) is 119 cm³/mol. The number of carbonyl (C=O) groups is 1. The van der Waals surface area contributed by atoms with E-state index in [1.54, 1.807) is 23.1 Å². The summed E-state index contributed by atoms with van der Waals surface area (Å²) in [5, 5.41) is 7.27. The van der Waals surface area contributed by atoms with Crippen LogP contribution in [0.3, 0.4) is 0 Å². The number of likely N-dealkylation sites (tertiary alicyclic amines) is 1. The van der Waals surface area contributed by atoms with Crippen molar-refractivity contribution in [3.05, 3.63) is 66.1 Å². The molecule has 4 rings (SSSR count). The maximum Gasteiger partial charge on any atom is 0.255 e. The zero-order valence-electron chi connectivity index (χ0n) is 17.7. The fraction of sp³-hybridized carbons (Fsp3) is 0.348. The third kappa shape index (κ3) is 5.48. The lowest BCUT2D eigenvalue weighted by Gasteiger charge is -2.17. The first-order valence-corrected chi connectivity index (χ1v) is 10.5. The van der Waals surface area contributed by atoms with Crippen LogP contribution in [0, 0.1) is 0 Å². The molecule has 0 saturated carbocycles.